The van der Waals surface area contributed by atoms with Crippen LogP contribution in [0.15, 0.2) is 41.4 Å². The standard InChI is InChI=1S/C30H33N3O3S/c1-4-35-26-18-22(12-14-25(26)36-16-15-31)19-32-30-28(24-9-7-5-6-8-10-27(24)37-30)29(34)33-23-13-11-20(2)21(3)17-23/h11-14,17-19H,4-10,16H2,1-3H3,(H,33,34). The van der Waals surface area contributed by atoms with E-state index in [9.17, 15) is 4.79 Å². The van der Waals surface area contributed by atoms with Crippen molar-refractivity contribution in [3.05, 3.63) is 69.1 Å². The van der Waals surface area contributed by atoms with Crippen LogP contribution in [0.2, 0.25) is 0 Å². The van der Waals surface area contributed by atoms with Gasteiger partial charge >= 0.3 is 0 Å². The zero-order valence-electron chi connectivity index (χ0n) is 21.7. The number of benzene rings is 2. The second-order valence-electron chi connectivity index (χ2n) is 9.20. The summed E-state index contributed by atoms with van der Waals surface area (Å²) in [5.41, 5.74) is 5.80. The van der Waals surface area contributed by atoms with Crippen LogP contribution in [0.4, 0.5) is 10.7 Å². The number of anilines is 1. The van der Waals surface area contributed by atoms with E-state index in [0.29, 0.717) is 23.7 Å². The number of carbonyl (C=O) groups excluding carboxylic acids is 1. The molecule has 1 aliphatic rings. The summed E-state index contributed by atoms with van der Waals surface area (Å²) < 4.78 is 11.2. The van der Waals surface area contributed by atoms with Gasteiger partial charge in [-0.25, -0.2) is 4.99 Å². The number of nitriles is 1. The second kappa shape index (κ2) is 12.6. The first-order valence-corrected chi connectivity index (χ1v) is 13.7. The monoisotopic (exact) mass is 515 g/mol. The number of thiophene rings is 1. The molecule has 0 saturated carbocycles. The molecule has 0 aliphatic heterocycles. The third kappa shape index (κ3) is 6.58. The van der Waals surface area contributed by atoms with Crippen molar-refractivity contribution in [3.8, 4) is 17.6 Å². The maximum absolute atomic E-state index is 13.6. The quantitative estimate of drug-likeness (QED) is 0.318. The van der Waals surface area contributed by atoms with Crippen molar-refractivity contribution in [1.29, 1.82) is 5.26 Å². The van der Waals surface area contributed by atoms with Gasteiger partial charge in [-0.3, -0.25) is 4.79 Å². The largest absolute Gasteiger partial charge is 0.490 e. The number of hydrogen-bond acceptors (Lipinski definition) is 6. The van der Waals surface area contributed by atoms with Gasteiger partial charge in [0.1, 0.15) is 11.1 Å². The van der Waals surface area contributed by atoms with Crippen molar-refractivity contribution in [2.75, 3.05) is 18.5 Å². The van der Waals surface area contributed by atoms with Gasteiger partial charge in [0.05, 0.1) is 12.2 Å². The van der Waals surface area contributed by atoms with Gasteiger partial charge in [0.15, 0.2) is 18.1 Å². The Bertz CT molecular complexity index is 1340. The summed E-state index contributed by atoms with van der Waals surface area (Å²) in [7, 11) is 0. The van der Waals surface area contributed by atoms with Gasteiger partial charge in [0.2, 0.25) is 0 Å². The van der Waals surface area contributed by atoms with E-state index in [-0.39, 0.29) is 12.5 Å². The fraction of sp³-hybridized carbons (Fsp3) is 0.367. The fourth-order valence-electron chi connectivity index (χ4n) is 4.48. The molecule has 1 heterocycles. The summed E-state index contributed by atoms with van der Waals surface area (Å²) in [6.07, 6.45) is 8.28. The summed E-state index contributed by atoms with van der Waals surface area (Å²) in [5, 5.41) is 12.7. The minimum absolute atomic E-state index is 0.0484. The Kier molecular flexibility index (Phi) is 8.97. The van der Waals surface area contributed by atoms with Crippen LogP contribution in [0, 0.1) is 25.2 Å². The van der Waals surface area contributed by atoms with Crippen LogP contribution in [0.5, 0.6) is 11.5 Å². The van der Waals surface area contributed by atoms with Gasteiger partial charge < -0.3 is 14.8 Å². The molecule has 0 bridgehead atoms. The normalized spacial score (nSPS) is 13.4. The van der Waals surface area contributed by atoms with Gasteiger partial charge in [-0.2, -0.15) is 5.26 Å². The molecule has 1 amide bonds. The van der Waals surface area contributed by atoms with E-state index in [1.54, 1.807) is 23.6 Å². The molecule has 0 unspecified atom stereocenters. The fourth-order valence-corrected chi connectivity index (χ4v) is 5.71. The third-order valence-corrected chi connectivity index (χ3v) is 7.74. The van der Waals surface area contributed by atoms with E-state index < -0.39 is 0 Å². The SMILES string of the molecule is CCOc1cc(C=Nc2sc3c(c2C(=O)Nc2ccc(C)c(C)c2)CCCCCC3)ccc1OCC#N. The Labute approximate surface area is 223 Å². The molecule has 37 heavy (non-hydrogen) atoms. The highest BCUT2D eigenvalue weighted by Gasteiger charge is 2.24. The van der Waals surface area contributed by atoms with E-state index in [0.717, 1.165) is 53.1 Å². The predicted octanol–water partition coefficient (Wildman–Crippen LogP) is 7.33. The number of hydrogen-bond donors (Lipinski definition) is 1. The highest BCUT2D eigenvalue weighted by atomic mass is 32.1. The Morgan fingerprint density at radius 1 is 1.05 bits per heavy atom. The smallest absolute Gasteiger partial charge is 0.259 e. The summed E-state index contributed by atoms with van der Waals surface area (Å²) in [5.74, 6) is 0.977. The predicted molar refractivity (Wildman–Crippen MR) is 150 cm³/mol. The number of rotatable bonds is 8. The average Bonchev–Trinajstić information content (AvgIpc) is 3.20. The van der Waals surface area contributed by atoms with E-state index >= 15 is 0 Å². The van der Waals surface area contributed by atoms with Gasteiger partial charge in [-0.1, -0.05) is 18.9 Å². The number of nitrogens with one attached hydrogen (secondary N) is 1. The van der Waals surface area contributed by atoms with E-state index in [2.05, 4.69) is 12.2 Å². The molecule has 1 N–H and O–H groups in total. The Balaban J connectivity index is 1.67. The molecular formula is C30H33N3O3S. The zero-order valence-corrected chi connectivity index (χ0v) is 22.5. The zero-order chi connectivity index (χ0) is 26.2. The molecule has 4 rings (SSSR count). The minimum Gasteiger partial charge on any atom is -0.490 e. The molecule has 2 aromatic carbocycles. The Morgan fingerprint density at radius 3 is 2.62 bits per heavy atom. The van der Waals surface area contributed by atoms with Gasteiger partial charge in [0, 0.05) is 16.8 Å². The Hall–Kier alpha value is -3.63. The molecule has 0 spiro atoms. The third-order valence-electron chi connectivity index (χ3n) is 6.54. The lowest BCUT2D eigenvalue weighted by Gasteiger charge is -2.12. The number of nitrogens with zero attached hydrogens (tertiary/aromatic N) is 2. The highest BCUT2D eigenvalue weighted by Crippen LogP contribution is 2.39. The summed E-state index contributed by atoms with van der Waals surface area (Å²) in [6, 6.07) is 13.5. The van der Waals surface area contributed by atoms with E-state index in [1.807, 2.05) is 50.2 Å². The lowest BCUT2D eigenvalue weighted by atomic mass is 9.96. The molecule has 192 valence electrons. The molecular weight excluding hydrogens is 482 g/mol. The molecule has 3 aromatic rings. The Morgan fingerprint density at radius 2 is 1.86 bits per heavy atom. The maximum atomic E-state index is 13.6. The van der Waals surface area contributed by atoms with Crippen molar-refractivity contribution < 1.29 is 14.3 Å². The first-order chi connectivity index (χ1) is 18.0. The summed E-state index contributed by atoms with van der Waals surface area (Å²) in [4.78, 5) is 19.7. The molecule has 6 nitrogen and oxygen atoms in total. The number of ether oxygens (including phenoxy) is 2. The van der Waals surface area contributed by atoms with Crippen LogP contribution < -0.4 is 14.8 Å². The average molecular weight is 516 g/mol. The lowest BCUT2D eigenvalue weighted by Crippen LogP contribution is -2.14. The van der Waals surface area contributed by atoms with Crippen LogP contribution in [0.1, 0.15) is 70.1 Å². The number of aliphatic imine (C=N–C) groups is 1. The minimum atomic E-state index is -0.108. The molecule has 1 aromatic heterocycles. The molecule has 0 atom stereocenters. The van der Waals surface area contributed by atoms with Crippen LogP contribution in [0.25, 0.3) is 0 Å². The van der Waals surface area contributed by atoms with Crippen molar-refractivity contribution in [1.82, 2.24) is 0 Å². The number of fused-ring (bicyclic) bond motifs is 1. The summed E-state index contributed by atoms with van der Waals surface area (Å²) in [6.45, 7) is 6.44. The topological polar surface area (TPSA) is 83.7 Å². The highest BCUT2D eigenvalue weighted by molar-refractivity contribution is 7.16. The van der Waals surface area contributed by atoms with Crippen molar-refractivity contribution in [3.63, 3.8) is 0 Å². The maximum Gasteiger partial charge on any atom is 0.259 e. The lowest BCUT2D eigenvalue weighted by molar-refractivity contribution is 0.102. The van der Waals surface area contributed by atoms with Crippen LogP contribution in [0.3, 0.4) is 0 Å². The van der Waals surface area contributed by atoms with Crippen molar-refractivity contribution in [2.24, 2.45) is 4.99 Å². The molecule has 0 radical (unpaired) electrons. The van der Waals surface area contributed by atoms with E-state index in [1.165, 1.54) is 23.3 Å². The number of aryl methyl sites for hydroxylation is 3. The van der Waals surface area contributed by atoms with Crippen molar-refractivity contribution in [2.45, 2.75) is 59.3 Å². The van der Waals surface area contributed by atoms with Crippen molar-refractivity contribution >= 4 is 34.1 Å². The van der Waals surface area contributed by atoms with E-state index in [4.69, 9.17) is 19.7 Å². The first kappa shape index (κ1) is 26.4. The summed E-state index contributed by atoms with van der Waals surface area (Å²) >= 11 is 1.63. The molecule has 1 aliphatic carbocycles. The second-order valence-corrected chi connectivity index (χ2v) is 10.3. The van der Waals surface area contributed by atoms with Gasteiger partial charge in [-0.05, 0) is 99.0 Å². The number of amides is 1. The number of carbonyl (C=O) groups is 1. The van der Waals surface area contributed by atoms with Crippen LogP contribution >= 0.6 is 11.3 Å². The van der Waals surface area contributed by atoms with Gasteiger partial charge in [0.25, 0.3) is 5.91 Å². The molecule has 0 fully saturated rings. The van der Waals surface area contributed by atoms with Gasteiger partial charge in [-0.15, -0.1) is 11.3 Å². The first-order valence-electron chi connectivity index (χ1n) is 12.8. The molecule has 7 heteroatoms. The van der Waals surface area contributed by atoms with Crippen LogP contribution in [-0.2, 0) is 12.8 Å². The van der Waals surface area contributed by atoms with Crippen LogP contribution in [-0.4, -0.2) is 25.3 Å². The molecule has 0 saturated heterocycles.